The molecule has 4 nitrogen and oxygen atoms in total. The monoisotopic (exact) mass is 212 g/mol. The first-order valence-electron chi connectivity index (χ1n) is 4.42. The molecule has 1 rings (SSSR count). The van der Waals surface area contributed by atoms with Crippen molar-refractivity contribution in [3.63, 3.8) is 0 Å². The number of rotatable bonds is 3. The number of esters is 1. The average molecular weight is 212 g/mol. The molecule has 0 fully saturated rings. The van der Waals surface area contributed by atoms with Crippen LogP contribution in [0.2, 0.25) is 0 Å². The van der Waals surface area contributed by atoms with Crippen LogP contribution in [-0.2, 0) is 16.0 Å². The lowest BCUT2D eigenvalue weighted by Crippen LogP contribution is -2.33. The number of methoxy groups -OCH3 is 1. The molecule has 0 bridgehead atoms. The van der Waals surface area contributed by atoms with Gasteiger partial charge in [0.2, 0.25) is 0 Å². The number of anilines is 1. The van der Waals surface area contributed by atoms with E-state index >= 15 is 0 Å². The Kier molecular flexibility index (Phi) is 3.62. The quantitative estimate of drug-likeness (QED) is 0.563. The Morgan fingerprint density at radius 1 is 1.60 bits per heavy atom. The van der Waals surface area contributed by atoms with Crippen molar-refractivity contribution in [3.8, 4) is 0 Å². The van der Waals surface area contributed by atoms with Gasteiger partial charge in [0, 0.05) is 12.1 Å². The number of hydrogen-bond donors (Lipinski definition) is 2. The first-order valence-corrected chi connectivity index (χ1v) is 4.42. The van der Waals surface area contributed by atoms with Gasteiger partial charge in [-0.25, -0.2) is 4.39 Å². The van der Waals surface area contributed by atoms with Crippen molar-refractivity contribution in [3.05, 3.63) is 29.6 Å². The topological polar surface area (TPSA) is 78.3 Å². The number of carbonyl (C=O) groups is 1. The van der Waals surface area contributed by atoms with Gasteiger partial charge in [-0.1, -0.05) is 0 Å². The van der Waals surface area contributed by atoms with E-state index in [1.807, 2.05) is 0 Å². The average Bonchev–Trinajstić information content (AvgIpc) is 2.22. The van der Waals surface area contributed by atoms with Crippen LogP contribution in [0, 0.1) is 5.82 Å². The van der Waals surface area contributed by atoms with Gasteiger partial charge in [-0.05, 0) is 23.8 Å². The van der Waals surface area contributed by atoms with E-state index in [0.717, 1.165) is 0 Å². The van der Waals surface area contributed by atoms with Gasteiger partial charge in [0.25, 0.3) is 0 Å². The summed E-state index contributed by atoms with van der Waals surface area (Å²) in [6, 6.07) is 3.13. The highest BCUT2D eigenvalue weighted by atomic mass is 19.1. The molecule has 0 spiro atoms. The lowest BCUT2D eigenvalue weighted by Gasteiger charge is -2.10. The summed E-state index contributed by atoms with van der Waals surface area (Å²) in [5.41, 5.74) is 12.1. The molecule has 5 heteroatoms. The molecule has 0 aliphatic carbocycles. The molecular formula is C10H13FN2O2. The number of benzene rings is 1. The van der Waals surface area contributed by atoms with Gasteiger partial charge in [0.05, 0.1) is 7.11 Å². The summed E-state index contributed by atoms with van der Waals surface area (Å²) in [4.78, 5) is 11.0. The van der Waals surface area contributed by atoms with E-state index < -0.39 is 17.8 Å². The minimum absolute atomic E-state index is 0.163. The van der Waals surface area contributed by atoms with Gasteiger partial charge in [0.1, 0.15) is 11.9 Å². The summed E-state index contributed by atoms with van der Waals surface area (Å²) in [5.74, 6) is -0.949. The summed E-state index contributed by atoms with van der Waals surface area (Å²) in [5, 5.41) is 0. The first-order chi connectivity index (χ1) is 7.04. The summed E-state index contributed by atoms with van der Waals surface area (Å²) < 4.78 is 17.3. The van der Waals surface area contributed by atoms with Crippen molar-refractivity contribution in [2.45, 2.75) is 12.5 Å². The van der Waals surface area contributed by atoms with Crippen LogP contribution in [0.1, 0.15) is 5.56 Å². The highest BCUT2D eigenvalue weighted by Crippen LogP contribution is 2.15. The normalized spacial score (nSPS) is 12.2. The zero-order valence-corrected chi connectivity index (χ0v) is 8.37. The lowest BCUT2D eigenvalue weighted by molar-refractivity contribution is -0.142. The molecule has 82 valence electrons. The maximum absolute atomic E-state index is 12.9. The summed E-state index contributed by atoms with van der Waals surface area (Å²) in [6.45, 7) is 0. The molecule has 4 N–H and O–H groups in total. The van der Waals surface area contributed by atoms with E-state index in [2.05, 4.69) is 4.74 Å². The second-order valence-corrected chi connectivity index (χ2v) is 3.18. The Morgan fingerprint density at radius 2 is 2.27 bits per heavy atom. The Labute approximate surface area is 87.0 Å². The van der Waals surface area contributed by atoms with Crippen LogP contribution in [0.5, 0.6) is 0 Å². The highest BCUT2D eigenvalue weighted by molar-refractivity contribution is 5.76. The van der Waals surface area contributed by atoms with E-state index in [-0.39, 0.29) is 6.42 Å². The molecular weight excluding hydrogens is 199 g/mol. The van der Waals surface area contributed by atoms with Crippen LogP contribution in [-0.4, -0.2) is 19.1 Å². The fraction of sp³-hybridized carbons (Fsp3) is 0.300. The van der Waals surface area contributed by atoms with E-state index in [4.69, 9.17) is 11.5 Å². The van der Waals surface area contributed by atoms with Crippen molar-refractivity contribution in [1.29, 1.82) is 0 Å². The van der Waals surface area contributed by atoms with Crippen LogP contribution in [0.15, 0.2) is 18.2 Å². The lowest BCUT2D eigenvalue weighted by atomic mass is 10.0. The van der Waals surface area contributed by atoms with Gasteiger partial charge in [0.15, 0.2) is 0 Å². The van der Waals surface area contributed by atoms with Crippen LogP contribution >= 0.6 is 0 Å². The van der Waals surface area contributed by atoms with Crippen molar-refractivity contribution in [2.24, 2.45) is 5.73 Å². The minimum Gasteiger partial charge on any atom is -0.468 e. The maximum Gasteiger partial charge on any atom is 0.322 e. The molecule has 1 atom stereocenters. The van der Waals surface area contributed by atoms with E-state index in [0.29, 0.717) is 11.3 Å². The van der Waals surface area contributed by atoms with Crippen molar-refractivity contribution in [2.75, 3.05) is 12.8 Å². The van der Waals surface area contributed by atoms with Gasteiger partial charge in [-0.3, -0.25) is 4.79 Å². The molecule has 0 aliphatic heterocycles. The van der Waals surface area contributed by atoms with Crippen molar-refractivity contribution in [1.82, 2.24) is 0 Å². The number of nitrogens with two attached hydrogens (primary N) is 2. The molecule has 0 saturated heterocycles. The van der Waals surface area contributed by atoms with Gasteiger partial charge >= 0.3 is 5.97 Å². The molecule has 0 amide bonds. The number of ether oxygens (including phenoxy) is 1. The Balaban J connectivity index is 2.80. The van der Waals surface area contributed by atoms with Crippen LogP contribution < -0.4 is 11.5 Å². The number of halogens is 1. The molecule has 0 saturated carbocycles. The second-order valence-electron chi connectivity index (χ2n) is 3.18. The molecule has 0 heterocycles. The largest absolute Gasteiger partial charge is 0.468 e. The predicted octanol–water partition coefficient (Wildman–Crippen LogP) is 0.451. The third-order valence-electron chi connectivity index (χ3n) is 2.05. The van der Waals surface area contributed by atoms with Crippen molar-refractivity contribution < 1.29 is 13.9 Å². The number of nitrogen functional groups attached to an aromatic ring is 1. The molecule has 0 unspecified atom stereocenters. The van der Waals surface area contributed by atoms with Gasteiger partial charge in [-0.15, -0.1) is 0 Å². The first kappa shape index (κ1) is 11.5. The van der Waals surface area contributed by atoms with Crippen LogP contribution in [0.25, 0.3) is 0 Å². The van der Waals surface area contributed by atoms with Crippen LogP contribution in [0.4, 0.5) is 10.1 Å². The highest BCUT2D eigenvalue weighted by Gasteiger charge is 2.15. The molecule has 0 aliphatic rings. The van der Waals surface area contributed by atoms with Gasteiger partial charge < -0.3 is 16.2 Å². The Morgan fingerprint density at radius 3 is 2.87 bits per heavy atom. The van der Waals surface area contributed by atoms with E-state index in [1.165, 1.54) is 25.3 Å². The molecule has 0 aromatic heterocycles. The number of carbonyl (C=O) groups excluding carboxylic acids is 1. The molecule has 0 radical (unpaired) electrons. The zero-order chi connectivity index (χ0) is 11.4. The summed E-state index contributed by atoms with van der Waals surface area (Å²) >= 11 is 0. The smallest absolute Gasteiger partial charge is 0.322 e. The molecule has 1 aromatic rings. The predicted molar refractivity (Wildman–Crippen MR) is 54.5 cm³/mol. The van der Waals surface area contributed by atoms with E-state index in [9.17, 15) is 9.18 Å². The SMILES string of the molecule is COC(=O)[C@@H](N)Cc1cc(F)ccc1N. The molecule has 1 aromatic carbocycles. The number of hydrogen-bond acceptors (Lipinski definition) is 4. The fourth-order valence-electron chi connectivity index (χ4n) is 1.22. The van der Waals surface area contributed by atoms with E-state index in [1.54, 1.807) is 0 Å². The second kappa shape index (κ2) is 4.75. The minimum atomic E-state index is -0.820. The molecule has 15 heavy (non-hydrogen) atoms. The Hall–Kier alpha value is -1.62. The third-order valence-corrected chi connectivity index (χ3v) is 2.05. The third kappa shape index (κ3) is 2.92. The van der Waals surface area contributed by atoms with Gasteiger partial charge in [-0.2, -0.15) is 0 Å². The summed E-state index contributed by atoms with van der Waals surface area (Å²) in [7, 11) is 1.25. The maximum atomic E-state index is 12.9. The fourth-order valence-corrected chi connectivity index (χ4v) is 1.22. The Bertz CT molecular complexity index is 368. The standard InChI is InChI=1S/C10H13FN2O2/c1-15-10(14)9(13)5-6-4-7(11)2-3-8(6)12/h2-4,9H,5,12-13H2,1H3/t9-/m0/s1. The summed E-state index contributed by atoms with van der Waals surface area (Å²) in [6.07, 6.45) is 0.163. The van der Waals surface area contributed by atoms with Crippen molar-refractivity contribution >= 4 is 11.7 Å². The zero-order valence-electron chi connectivity index (χ0n) is 8.37. The van der Waals surface area contributed by atoms with Crippen LogP contribution in [0.3, 0.4) is 0 Å².